The normalized spacial score (nSPS) is 25.0. The van der Waals surface area contributed by atoms with Gasteiger partial charge in [-0.3, -0.25) is 34.3 Å². The molecule has 160 valence electrons. The van der Waals surface area contributed by atoms with Crippen molar-refractivity contribution < 1.29 is 28.0 Å². The van der Waals surface area contributed by atoms with E-state index in [9.17, 15) is 28.0 Å². The number of alkyl halides is 2. The molecular formula is C20H22F2N4O4. The van der Waals surface area contributed by atoms with Gasteiger partial charge in [-0.05, 0) is 37.6 Å². The highest BCUT2D eigenvalue weighted by Crippen LogP contribution is 2.31. The van der Waals surface area contributed by atoms with E-state index in [2.05, 4.69) is 10.6 Å². The topological polar surface area (TPSA) is 98.8 Å². The Morgan fingerprint density at radius 2 is 1.93 bits per heavy atom. The number of nitrogens with one attached hydrogen (secondary N) is 2. The van der Waals surface area contributed by atoms with Crippen molar-refractivity contribution in [2.45, 2.75) is 37.8 Å². The highest BCUT2D eigenvalue weighted by Gasteiger charge is 2.45. The molecule has 2 saturated heterocycles. The van der Waals surface area contributed by atoms with E-state index in [1.807, 2.05) is 0 Å². The molecule has 4 amide bonds. The van der Waals surface area contributed by atoms with Gasteiger partial charge in [0.05, 0.1) is 24.2 Å². The Kier molecular flexibility index (Phi) is 5.37. The minimum absolute atomic E-state index is 0.0353. The van der Waals surface area contributed by atoms with Crippen LogP contribution in [0.25, 0.3) is 0 Å². The number of halogens is 2. The van der Waals surface area contributed by atoms with Crippen LogP contribution in [0.4, 0.5) is 8.78 Å². The molecule has 4 rings (SSSR count). The number of rotatable bonds is 3. The number of carbonyl (C=O) groups excluding carboxylic acids is 4. The van der Waals surface area contributed by atoms with Crippen molar-refractivity contribution in [1.29, 1.82) is 0 Å². The molecule has 1 atom stereocenters. The van der Waals surface area contributed by atoms with Crippen LogP contribution in [0.3, 0.4) is 0 Å². The van der Waals surface area contributed by atoms with Gasteiger partial charge >= 0.3 is 0 Å². The second-order valence-electron chi connectivity index (χ2n) is 7.88. The van der Waals surface area contributed by atoms with Crippen LogP contribution in [0, 0.1) is 0 Å². The lowest BCUT2D eigenvalue weighted by Crippen LogP contribution is -2.54. The molecule has 0 saturated carbocycles. The summed E-state index contributed by atoms with van der Waals surface area (Å²) in [6, 6.07) is 3.70. The van der Waals surface area contributed by atoms with Crippen molar-refractivity contribution >= 4 is 23.6 Å². The molecule has 1 aromatic carbocycles. The minimum atomic E-state index is -2.91. The number of nitrogens with zero attached hydrogens (tertiary/aromatic N) is 2. The van der Waals surface area contributed by atoms with Gasteiger partial charge in [0.15, 0.2) is 0 Å². The highest BCUT2D eigenvalue weighted by molar-refractivity contribution is 6.24. The van der Waals surface area contributed by atoms with Crippen LogP contribution in [0.5, 0.6) is 0 Å². The molecule has 1 unspecified atom stereocenters. The van der Waals surface area contributed by atoms with Gasteiger partial charge in [-0.25, -0.2) is 8.78 Å². The first-order chi connectivity index (χ1) is 14.3. The summed E-state index contributed by atoms with van der Waals surface area (Å²) in [4.78, 5) is 52.1. The summed E-state index contributed by atoms with van der Waals surface area (Å²) >= 11 is 0. The Bertz CT molecular complexity index is 920. The van der Waals surface area contributed by atoms with E-state index in [0.717, 1.165) is 4.90 Å². The number of hydrogen-bond donors (Lipinski definition) is 2. The van der Waals surface area contributed by atoms with E-state index in [1.165, 1.54) is 6.07 Å². The lowest BCUT2D eigenvalue weighted by atomic mass is 10.0. The zero-order chi connectivity index (χ0) is 21.5. The van der Waals surface area contributed by atoms with Crippen LogP contribution in [-0.2, 0) is 16.1 Å². The molecule has 0 aromatic heterocycles. The summed E-state index contributed by atoms with van der Waals surface area (Å²) in [6.07, 6.45) is 0.783. The fourth-order valence-corrected chi connectivity index (χ4v) is 4.25. The largest absolute Gasteiger partial charge is 0.311 e. The zero-order valence-electron chi connectivity index (χ0n) is 16.2. The second-order valence-corrected chi connectivity index (χ2v) is 7.88. The third-order valence-corrected chi connectivity index (χ3v) is 5.61. The van der Waals surface area contributed by atoms with E-state index in [0.29, 0.717) is 25.1 Å². The molecule has 1 aromatic rings. The lowest BCUT2D eigenvalue weighted by molar-refractivity contribution is -0.136. The Balaban J connectivity index is 1.60. The highest BCUT2D eigenvalue weighted by atomic mass is 19.3. The van der Waals surface area contributed by atoms with Crippen molar-refractivity contribution in [1.82, 2.24) is 20.4 Å². The SMILES string of the molecule is O=C1CCC(N2C(=O)c3cccc(CN4CCCNCC(F)(F)C4)c3C2=O)C(=O)N1. The first-order valence-corrected chi connectivity index (χ1v) is 9.91. The molecule has 30 heavy (non-hydrogen) atoms. The van der Waals surface area contributed by atoms with Crippen molar-refractivity contribution in [2.75, 3.05) is 26.2 Å². The molecule has 0 radical (unpaired) electrons. The number of hydrogen-bond acceptors (Lipinski definition) is 6. The molecule has 10 heteroatoms. The van der Waals surface area contributed by atoms with Gasteiger partial charge in [-0.15, -0.1) is 0 Å². The third-order valence-electron chi connectivity index (χ3n) is 5.61. The molecule has 3 heterocycles. The zero-order valence-corrected chi connectivity index (χ0v) is 16.2. The number of fused-ring (bicyclic) bond motifs is 1. The van der Waals surface area contributed by atoms with Crippen molar-refractivity contribution in [3.8, 4) is 0 Å². The molecule has 2 N–H and O–H groups in total. The average Bonchev–Trinajstić information content (AvgIpc) is 2.91. The summed E-state index contributed by atoms with van der Waals surface area (Å²) in [6.45, 7) is 0.131. The summed E-state index contributed by atoms with van der Waals surface area (Å²) in [5, 5.41) is 4.88. The van der Waals surface area contributed by atoms with Crippen molar-refractivity contribution in [3.63, 3.8) is 0 Å². The number of benzene rings is 1. The predicted molar refractivity (Wildman–Crippen MR) is 101 cm³/mol. The Morgan fingerprint density at radius 1 is 1.13 bits per heavy atom. The fourth-order valence-electron chi connectivity index (χ4n) is 4.25. The van der Waals surface area contributed by atoms with Gasteiger partial charge in [0.25, 0.3) is 17.7 Å². The quantitative estimate of drug-likeness (QED) is 0.692. The fraction of sp³-hybridized carbons (Fsp3) is 0.500. The van der Waals surface area contributed by atoms with Gasteiger partial charge in [-0.1, -0.05) is 12.1 Å². The van der Waals surface area contributed by atoms with E-state index < -0.39 is 48.7 Å². The first-order valence-electron chi connectivity index (χ1n) is 9.91. The summed E-state index contributed by atoms with van der Waals surface area (Å²) in [5.74, 6) is -5.26. The summed E-state index contributed by atoms with van der Waals surface area (Å²) in [5.41, 5.74) is 0.781. The first kappa shape index (κ1) is 20.5. The Morgan fingerprint density at radius 3 is 2.70 bits per heavy atom. The standard InChI is InChI=1S/C20H22F2N4O4/c21-20(22)10-23-7-2-8-25(11-20)9-12-3-1-4-13-16(12)19(30)26(18(13)29)14-5-6-15(27)24-17(14)28/h1,3-4,14,23H,2,5-11H2,(H,24,27,28). The van der Waals surface area contributed by atoms with Crippen LogP contribution >= 0.6 is 0 Å². The maximum atomic E-state index is 14.1. The Labute approximate surface area is 171 Å². The molecule has 0 bridgehead atoms. The maximum Gasteiger partial charge on any atom is 0.272 e. The number of imide groups is 2. The van der Waals surface area contributed by atoms with Crippen LogP contribution in [0.1, 0.15) is 45.5 Å². The number of piperidine rings is 1. The van der Waals surface area contributed by atoms with Gasteiger partial charge in [-0.2, -0.15) is 0 Å². The van der Waals surface area contributed by atoms with E-state index in [1.54, 1.807) is 17.0 Å². The van der Waals surface area contributed by atoms with E-state index in [-0.39, 0.29) is 30.5 Å². The third kappa shape index (κ3) is 3.84. The molecular weight excluding hydrogens is 398 g/mol. The summed E-state index contributed by atoms with van der Waals surface area (Å²) < 4.78 is 28.2. The Hall–Kier alpha value is -2.72. The van der Waals surface area contributed by atoms with Gasteiger partial charge < -0.3 is 5.32 Å². The van der Waals surface area contributed by atoms with Gasteiger partial charge in [0, 0.05) is 13.0 Å². The van der Waals surface area contributed by atoms with E-state index in [4.69, 9.17) is 0 Å². The maximum absolute atomic E-state index is 14.1. The van der Waals surface area contributed by atoms with Crippen LogP contribution < -0.4 is 10.6 Å². The summed E-state index contributed by atoms with van der Waals surface area (Å²) in [7, 11) is 0. The smallest absolute Gasteiger partial charge is 0.272 e. The van der Waals surface area contributed by atoms with Crippen LogP contribution in [0.15, 0.2) is 18.2 Å². The van der Waals surface area contributed by atoms with Crippen LogP contribution in [-0.4, -0.2) is 71.6 Å². The molecule has 8 nitrogen and oxygen atoms in total. The lowest BCUT2D eigenvalue weighted by Gasteiger charge is -2.30. The van der Waals surface area contributed by atoms with Crippen molar-refractivity contribution in [2.24, 2.45) is 0 Å². The second kappa shape index (κ2) is 7.84. The average molecular weight is 420 g/mol. The minimum Gasteiger partial charge on any atom is -0.311 e. The van der Waals surface area contributed by atoms with Crippen molar-refractivity contribution in [3.05, 3.63) is 34.9 Å². The number of amides is 4. The molecule has 0 aliphatic carbocycles. The predicted octanol–water partition coefficient (Wildman–Crippen LogP) is 0.518. The van der Waals surface area contributed by atoms with Gasteiger partial charge in [0.1, 0.15) is 6.04 Å². The number of carbonyl (C=O) groups is 4. The van der Waals surface area contributed by atoms with Crippen LogP contribution in [0.2, 0.25) is 0 Å². The molecule has 0 spiro atoms. The monoisotopic (exact) mass is 420 g/mol. The molecule has 2 fully saturated rings. The molecule has 3 aliphatic heterocycles. The molecule has 3 aliphatic rings. The van der Waals surface area contributed by atoms with Gasteiger partial charge in [0.2, 0.25) is 11.8 Å². The van der Waals surface area contributed by atoms with E-state index >= 15 is 0 Å².